The summed E-state index contributed by atoms with van der Waals surface area (Å²) in [6, 6.07) is 3.87. The van der Waals surface area contributed by atoms with Crippen LogP contribution >= 0.6 is 0 Å². The number of ether oxygens (including phenoxy) is 1. The molecule has 0 spiro atoms. The molecule has 0 amide bonds. The Morgan fingerprint density at radius 3 is 2.54 bits per heavy atom. The molecule has 0 saturated carbocycles. The molecule has 12 heteroatoms. The summed E-state index contributed by atoms with van der Waals surface area (Å²) in [5, 5.41) is 13.6. The number of hydrogen-bond donors (Lipinski definition) is 1. The lowest BCUT2D eigenvalue weighted by atomic mass is 10.1. The molecule has 4 heterocycles. The maximum atomic E-state index is 12.2. The fraction of sp³-hybridized carbons (Fsp3) is 0.375. The monoisotopic (exact) mass is 402 g/mol. The topological polar surface area (TPSA) is 140 Å². The molecular formula is C16H18N8O3S. The number of nitrogens with zero attached hydrogens (tertiary/aromatic N) is 7. The third kappa shape index (κ3) is 3.76. The lowest BCUT2D eigenvalue weighted by Gasteiger charge is -2.34. The minimum absolute atomic E-state index is 0.00902. The van der Waals surface area contributed by atoms with E-state index in [-0.39, 0.29) is 17.0 Å². The van der Waals surface area contributed by atoms with Crippen molar-refractivity contribution in [3.05, 3.63) is 30.7 Å². The Morgan fingerprint density at radius 2 is 1.89 bits per heavy atom. The van der Waals surface area contributed by atoms with Crippen molar-refractivity contribution in [3.8, 4) is 17.4 Å². The van der Waals surface area contributed by atoms with Crippen LogP contribution in [0.4, 0.5) is 5.69 Å². The zero-order valence-electron chi connectivity index (χ0n) is 15.1. The van der Waals surface area contributed by atoms with E-state index in [9.17, 15) is 8.42 Å². The lowest BCUT2D eigenvalue weighted by molar-refractivity contribution is 0.156. The molecule has 11 nitrogen and oxygen atoms in total. The van der Waals surface area contributed by atoms with E-state index < -0.39 is 9.84 Å². The maximum Gasteiger partial charge on any atom is 0.316 e. The first-order chi connectivity index (χ1) is 13.5. The fourth-order valence-electron chi connectivity index (χ4n) is 3.18. The van der Waals surface area contributed by atoms with Gasteiger partial charge in [0.15, 0.2) is 20.7 Å². The lowest BCUT2D eigenvalue weighted by Crippen LogP contribution is -2.39. The summed E-state index contributed by atoms with van der Waals surface area (Å²) in [4.78, 5) is 14.3. The number of anilines is 1. The van der Waals surface area contributed by atoms with Crippen molar-refractivity contribution in [2.24, 2.45) is 0 Å². The third-order valence-electron chi connectivity index (χ3n) is 4.42. The summed E-state index contributed by atoms with van der Waals surface area (Å²) < 4.78 is 30.3. The SMILES string of the molecule is CS(=O)(=O)c1nccc(N2CCC(Oc3ncccn3)CC2)c1-c1nnn[nH]1. The van der Waals surface area contributed by atoms with Crippen molar-refractivity contribution >= 4 is 15.5 Å². The molecule has 3 aromatic heterocycles. The number of H-pyrrole nitrogens is 1. The zero-order valence-corrected chi connectivity index (χ0v) is 15.9. The molecule has 0 aromatic carbocycles. The Labute approximate surface area is 161 Å². The Morgan fingerprint density at radius 1 is 1.14 bits per heavy atom. The number of tetrazole rings is 1. The van der Waals surface area contributed by atoms with Crippen LogP contribution in [0.5, 0.6) is 6.01 Å². The molecule has 1 fully saturated rings. The second kappa shape index (κ2) is 7.46. The minimum Gasteiger partial charge on any atom is -0.460 e. The standard InChI is InChI=1S/C16H18N8O3S/c1-28(25,26)15-13(14-20-22-23-21-14)12(3-8-17-15)24-9-4-11(5-10-24)27-16-18-6-2-7-19-16/h2-3,6-8,11H,4-5,9-10H2,1H3,(H,20,21,22,23). The van der Waals surface area contributed by atoms with E-state index in [1.165, 1.54) is 6.20 Å². The van der Waals surface area contributed by atoms with Crippen LogP contribution < -0.4 is 9.64 Å². The summed E-state index contributed by atoms with van der Waals surface area (Å²) in [5.74, 6) is 0.264. The van der Waals surface area contributed by atoms with Crippen molar-refractivity contribution in [2.75, 3.05) is 24.2 Å². The van der Waals surface area contributed by atoms with Crippen LogP contribution in [0.3, 0.4) is 0 Å². The van der Waals surface area contributed by atoms with Gasteiger partial charge in [0.05, 0.1) is 11.3 Å². The molecule has 4 rings (SSSR count). The Hall–Kier alpha value is -3.15. The number of sulfone groups is 1. The smallest absolute Gasteiger partial charge is 0.316 e. The van der Waals surface area contributed by atoms with E-state index in [1.807, 2.05) is 0 Å². The molecular weight excluding hydrogens is 384 g/mol. The predicted octanol–water partition coefficient (Wildman–Crippen LogP) is 0.503. The van der Waals surface area contributed by atoms with E-state index in [1.54, 1.807) is 24.5 Å². The largest absolute Gasteiger partial charge is 0.460 e. The first-order valence-electron chi connectivity index (χ1n) is 8.64. The van der Waals surface area contributed by atoms with Crippen molar-refractivity contribution in [2.45, 2.75) is 24.0 Å². The van der Waals surface area contributed by atoms with E-state index in [2.05, 4.69) is 40.5 Å². The van der Waals surface area contributed by atoms with Crippen LogP contribution in [0.1, 0.15) is 12.8 Å². The first-order valence-corrected chi connectivity index (χ1v) is 10.5. The highest BCUT2D eigenvalue weighted by Crippen LogP contribution is 2.34. The van der Waals surface area contributed by atoms with Crippen molar-refractivity contribution in [3.63, 3.8) is 0 Å². The second-order valence-electron chi connectivity index (χ2n) is 6.37. The van der Waals surface area contributed by atoms with Gasteiger partial charge >= 0.3 is 6.01 Å². The van der Waals surface area contributed by atoms with Gasteiger partial charge in [0.2, 0.25) is 0 Å². The fourth-order valence-corrected chi connectivity index (χ4v) is 4.00. The molecule has 146 valence electrons. The van der Waals surface area contributed by atoms with Crippen LogP contribution in [0, 0.1) is 0 Å². The molecule has 0 unspecified atom stereocenters. The highest BCUT2D eigenvalue weighted by Gasteiger charge is 2.28. The van der Waals surface area contributed by atoms with Crippen LogP contribution in [0.15, 0.2) is 35.7 Å². The van der Waals surface area contributed by atoms with Gasteiger partial charge in [-0.15, -0.1) is 5.10 Å². The minimum atomic E-state index is -3.57. The normalized spacial score (nSPS) is 15.5. The summed E-state index contributed by atoms with van der Waals surface area (Å²) in [6.45, 7) is 1.33. The van der Waals surface area contributed by atoms with Gasteiger partial charge in [0.1, 0.15) is 6.10 Å². The second-order valence-corrected chi connectivity index (χ2v) is 8.30. The summed E-state index contributed by atoms with van der Waals surface area (Å²) >= 11 is 0. The van der Waals surface area contributed by atoms with Gasteiger partial charge in [0, 0.05) is 50.8 Å². The molecule has 0 atom stereocenters. The average Bonchev–Trinajstić information content (AvgIpc) is 3.23. The van der Waals surface area contributed by atoms with Gasteiger partial charge in [-0.2, -0.15) is 0 Å². The molecule has 0 radical (unpaired) electrons. The van der Waals surface area contributed by atoms with Gasteiger partial charge in [0.25, 0.3) is 0 Å². The molecule has 28 heavy (non-hydrogen) atoms. The quantitative estimate of drug-likeness (QED) is 0.641. The van der Waals surface area contributed by atoms with Crippen LogP contribution in [0.25, 0.3) is 11.4 Å². The predicted molar refractivity (Wildman–Crippen MR) is 98.4 cm³/mol. The highest BCUT2D eigenvalue weighted by atomic mass is 32.2. The average molecular weight is 402 g/mol. The van der Waals surface area contributed by atoms with Gasteiger partial charge in [-0.05, 0) is 22.6 Å². The molecule has 3 aromatic rings. The zero-order chi connectivity index (χ0) is 19.6. The third-order valence-corrected chi connectivity index (χ3v) is 5.44. The van der Waals surface area contributed by atoms with Crippen molar-refractivity contribution in [1.82, 2.24) is 35.6 Å². The maximum absolute atomic E-state index is 12.2. The van der Waals surface area contributed by atoms with Gasteiger partial charge < -0.3 is 9.64 Å². The number of hydrogen-bond acceptors (Lipinski definition) is 10. The van der Waals surface area contributed by atoms with Crippen LogP contribution in [-0.4, -0.2) is 69.4 Å². The Bertz CT molecular complexity index is 1040. The number of pyridine rings is 1. The number of aromatic amines is 1. The van der Waals surface area contributed by atoms with Crippen LogP contribution in [-0.2, 0) is 9.84 Å². The van der Waals surface area contributed by atoms with E-state index in [0.717, 1.165) is 19.1 Å². The molecule has 1 saturated heterocycles. The van der Waals surface area contributed by atoms with Crippen LogP contribution in [0.2, 0.25) is 0 Å². The molecule has 0 aliphatic carbocycles. The highest BCUT2D eigenvalue weighted by molar-refractivity contribution is 7.90. The van der Waals surface area contributed by atoms with Gasteiger partial charge in [-0.25, -0.2) is 28.5 Å². The van der Waals surface area contributed by atoms with Gasteiger partial charge in [-0.1, -0.05) is 0 Å². The number of aromatic nitrogens is 7. The van der Waals surface area contributed by atoms with E-state index in [0.29, 0.717) is 30.4 Å². The van der Waals surface area contributed by atoms with E-state index >= 15 is 0 Å². The number of piperidine rings is 1. The first kappa shape index (κ1) is 18.2. The molecule has 1 aliphatic rings. The summed E-state index contributed by atoms with van der Waals surface area (Å²) in [5.41, 5.74) is 1.09. The molecule has 1 N–H and O–H groups in total. The molecule has 0 bridgehead atoms. The Balaban J connectivity index is 1.59. The van der Waals surface area contributed by atoms with Crippen molar-refractivity contribution in [1.29, 1.82) is 0 Å². The summed E-state index contributed by atoms with van der Waals surface area (Å²) in [7, 11) is -3.57. The van der Waals surface area contributed by atoms with Gasteiger partial charge in [-0.3, -0.25) is 0 Å². The number of rotatable bonds is 5. The Kier molecular flexibility index (Phi) is 4.86. The molecule has 1 aliphatic heterocycles. The summed E-state index contributed by atoms with van der Waals surface area (Å²) in [6.07, 6.45) is 7.35. The number of nitrogens with one attached hydrogen (secondary N) is 1. The van der Waals surface area contributed by atoms with E-state index in [4.69, 9.17) is 4.74 Å². The van der Waals surface area contributed by atoms with Crippen molar-refractivity contribution < 1.29 is 13.2 Å².